The van der Waals surface area contributed by atoms with Gasteiger partial charge in [0.25, 0.3) is 0 Å². The number of unbranched alkanes of at least 4 members (excludes halogenated alkanes) is 1. The van der Waals surface area contributed by atoms with E-state index in [1.54, 1.807) is 12.1 Å². The summed E-state index contributed by atoms with van der Waals surface area (Å²) in [4.78, 5) is 44.1. The number of nitrogens with zero attached hydrogens (tertiary/aromatic N) is 2. The van der Waals surface area contributed by atoms with E-state index in [0.717, 1.165) is 43.2 Å². The SMILES string of the molecule is CCCCN1C(=O)[C@@H](CC2(O)CCCCC2)NC(=O)C12CCN(Cc1ccc(NC(=O)Cc3ccc(F)cc3)cc1)CC2.Cl. The fourth-order valence-electron chi connectivity index (χ4n) is 6.97. The maximum absolute atomic E-state index is 13.8. The molecule has 5 rings (SSSR count). The molecular weight excluding hydrogens is 583 g/mol. The average molecular weight is 629 g/mol. The van der Waals surface area contributed by atoms with Crippen molar-refractivity contribution < 1.29 is 23.9 Å². The Morgan fingerprint density at radius 2 is 1.61 bits per heavy atom. The Hall–Kier alpha value is -3.01. The lowest BCUT2D eigenvalue weighted by Crippen LogP contribution is -2.73. The molecule has 1 atom stereocenters. The lowest BCUT2D eigenvalue weighted by Gasteiger charge is -2.52. The van der Waals surface area contributed by atoms with Gasteiger partial charge >= 0.3 is 0 Å². The molecule has 0 aromatic heterocycles. The summed E-state index contributed by atoms with van der Waals surface area (Å²) in [6.45, 7) is 4.74. The van der Waals surface area contributed by atoms with E-state index in [4.69, 9.17) is 0 Å². The second kappa shape index (κ2) is 14.8. The van der Waals surface area contributed by atoms with E-state index in [9.17, 15) is 23.9 Å². The minimum Gasteiger partial charge on any atom is -0.390 e. The molecule has 0 unspecified atom stereocenters. The first-order chi connectivity index (χ1) is 20.7. The average Bonchev–Trinajstić information content (AvgIpc) is 2.99. The highest BCUT2D eigenvalue weighted by Crippen LogP contribution is 2.37. The number of anilines is 1. The molecule has 2 aromatic rings. The third kappa shape index (κ3) is 7.98. The summed E-state index contributed by atoms with van der Waals surface area (Å²) in [5, 5.41) is 17.1. The number of rotatable bonds is 10. The lowest BCUT2D eigenvalue weighted by atomic mass is 9.77. The standard InChI is InChI=1S/C34H45FN4O4.ClH/c1-2-3-19-39-31(41)29(23-33(43)15-5-4-6-16-33)37-32(42)34(39)17-20-38(21-18-34)24-26-9-13-28(14-10-26)36-30(40)22-25-7-11-27(35)12-8-25;/h7-14,29,43H,2-6,15-24H2,1H3,(H,36,40)(H,37,42);1H/t29-;/m1./s1. The maximum atomic E-state index is 13.8. The molecule has 2 heterocycles. The summed E-state index contributed by atoms with van der Waals surface area (Å²) < 4.78 is 13.1. The van der Waals surface area contributed by atoms with Crippen molar-refractivity contribution in [2.45, 2.75) is 101 Å². The Bertz CT molecular complexity index is 1280. The predicted molar refractivity (Wildman–Crippen MR) is 171 cm³/mol. The predicted octanol–water partition coefficient (Wildman–Crippen LogP) is 4.98. The zero-order valence-electron chi connectivity index (χ0n) is 25.7. The molecule has 1 aliphatic carbocycles. The summed E-state index contributed by atoms with van der Waals surface area (Å²) in [5.41, 5.74) is 0.826. The fourth-order valence-corrected chi connectivity index (χ4v) is 6.97. The summed E-state index contributed by atoms with van der Waals surface area (Å²) in [7, 11) is 0. The van der Waals surface area contributed by atoms with Crippen molar-refractivity contribution in [2.75, 3.05) is 25.0 Å². The van der Waals surface area contributed by atoms with Crippen LogP contribution in [-0.4, -0.2) is 69.4 Å². The van der Waals surface area contributed by atoms with Gasteiger partial charge in [-0.3, -0.25) is 19.3 Å². The summed E-state index contributed by atoms with van der Waals surface area (Å²) in [6, 6.07) is 13.0. The normalized spacial score (nSPS) is 21.4. The van der Waals surface area contributed by atoms with E-state index >= 15 is 0 Å². The number of hydrogen-bond donors (Lipinski definition) is 3. The van der Waals surface area contributed by atoms with E-state index in [1.165, 1.54) is 12.1 Å². The van der Waals surface area contributed by atoms with Crippen LogP contribution in [0.2, 0.25) is 0 Å². The molecule has 2 saturated heterocycles. The van der Waals surface area contributed by atoms with Crippen molar-refractivity contribution >= 4 is 35.8 Å². The summed E-state index contributed by atoms with van der Waals surface area (Å²) >= 11 is 0. The number of benzene rings is 2. The molecule has 3 amide bonds. The van der Waals surface area contributed by atoms with Crippen LogP contribution < -0.4 is 10.6 Å². The molecule has 3 fully saturated rings. The van der Waals surface area contributed by atoms with Crippen LogP contribution in [-0.2, 0) is 27.3 Å². The summed E-state index contributed by atoms with van der Waals surface area (Å²) in [6.07, 6.45) is 7.78. The van der Waals surface area contributed by atoms with Crippen LogP contribution in [0.4, 0.5) is 10.1 Å². The third-order valence-corrected chi connectivity index (χ3v) is 9.52. The summed E-state index contributed by atoms with van der Waals surface area (Å²) in [5.74, 6) is -0.610. The van der Waals surface area contributed by atoms with Gasteiger partial charge in [-0.1, -0.05) is 56.9 Å². The van der Waals surface area contributed by atoms with Gasteiger partial charge in [0, 0.05) is 38.3 Å². The Morgan fingerprint density at radius 1 is 0.977 bits per heavy atom. The molecule has 44 heavy (non-hydrogen) atoms. The van der Waals surface area contributed by atoms with Gasteiger partial charge in [-0.15, -0.1) is 12.4 Å². The zero-order chi connectivity index (χ0) is 30.5. The van der Waals surface area contributed by atoms with E-state index in [1.807, 2.05) is 29.2 Å². The van der Waals surface area contributed by atoms with E-state index < -0.39 is 17.2 Å². The first kappa shape index (κ1) is 33.9. The first-order valence-corrected chi connectivity index (χ1v) is 15.9. The van der Waals surface area contributed by atoms with Gasteiger partial charge in [0.05, 0.1) is 12.0 Å². The largest absolute Gasteiger partial charge is 0.390 e. The van der Waals surface area contributed by atoms with Gasteiger partial charge in [-0.25, -0.2) is 4.39 Å². The van der Waals surface area contributed by atoms with Gasteiger partial charge < -0.3 is 20.6 Å². The minimum absolute atomic E-state index is 0. The highest BCUT2D eigenvalue weighted by atomic mass is 35.5. The molecule has 1 saturated carbocycles. The molecule has 3 N–H and O–H groups in total. The zero-order valence-corrected chi connectivity index (χ0v) is 26.5. The molecule has 0 bridgehead atoms. The Morgan fingerprint density at radius 3 is 2.25 bits per heavy atom. The molecule has 0 radical (unpaired) electrons. The Labute approximate surface area is 266 Å². The topological polar surface area (TPSA) is 102 Å². The van der Waals surface area contributed by atoms with Crippen LogP contribution >= 0.6 is 12.4 Å². The molecular formula is C34H46ClFN4O4. The number of nitrogens with one attached hydrogen (secondary N) is 2. The second-order valence-corrected chi connectivity index (χ2v) is 12.7. The number of likely N-dealkylation sites (tertiary alicyclic amines) is 1. The van der Waals surface area contributed by atoms with Gasteiger partial charge in [-0.05, 0) is 67.5 Å². The van der Waals surface area contributed by atoms with E-state index in [-0.39, 0.29) is 42.4 Å². The molecule has 8 nitrogen and oxygen atoms in total. The Kier molecular flexibility index (Phi) is 11.4. The van der Waals surface area contributed by atoms with Gasteiger partial charge in [0.1, 0.15) is 17.4 Å². The number of hydrogen-bond acceptors (Lipinski definition) is 5. The smallest absolute Gasteiger partial charge is 0.246 e. The van der Waals surface area contributed by atoms with Crippen LogP contribution in [0, 0.1) is 5.82 Å². The number of piperidine rings is 1. The molecule has 2 aliphatic heterocycles. The molecule has 3 aliphatic rings. The lowest BCUT2D eigenvalue weighted by molar-refractivity contribution is -0.163. The van der Waals surface area contributed by atoms with Gasteiger partial charge in [0.2, 0.25) is 17.7 Å². The van der Waals surface area contributed by atoms with Crippen molar-refractivity contribution in [3.05, 3.63) is 65.5 Å². The van der Waals surface area contributed by atoms with Crippen molar-refractivity contribution in [3.8, 4) is 0 Å². The highest BCUT2D eigenvalue weighted by molar-refractivity contribution is 6.00. The molecule has 1 spiro atoms. The van der Waals surface area contributed by atoms with Crippen LogP contribution in [0.1, 0.15) is 82.3 Å². The molecule has 240 valence electrons. The van der Waals surface area contributed by atoms with Crippen LogP contribution in [0.15, 0.2) is 48.5 Å². The third-order valence-electron chi connectivity index (χ3n) is 9.52. The van der Waals surface area contributed by atoms with Gasteiger partial charge in [0.15, 0.2) is 0 Å². The number of carbonyl (C=O) groups excluding carboxylic acids is 3. The molecule has 2 aromatic carbocycles. The van der Waals surface area contributed by atoms with Crippen LogP contribution in [0.25, 0.3) is 0 Å². The number of amides is 3. The van der Waals surface area contributed by atoms with Crippen molar-refractivity contribution in [3.63, 3.8) is 0 Å². The fraction of sp³-hybridized carbons (Fsp3) is 0.559. The highest BCUT2D eigenvalue weighted by Gasteiger charge is 2.54. The quantitative estimate of drug-likeness (QED) is 0.345. The van der Waals surface area contributed by atoms with Crippen LogP contribution in [0.5, 0.6) is 0 Å². The van der Waals surface area contributed by atoms with Crippen LogP contribution in [0.3, 0.4) is 0 Å². The maximum Gasteiger partial charge on any atom is 0.246 e. The number of carbonyl (C=O) groups is 3. The molecule has 10 heteroatoms. The first-order valence-electron chi connectivity index (χ1n) is 15.9. The number of piperazine rings is 1. The van der Waals surface area contributed by atoms with Gasteiger partial charge in [-0.2, -0.15) is 0 Å². The van der Waals surface area contributed by atoms with Crippen molar-refractivity contribution in [2.24, 2.45) is 0 Å². The van der Waals surface area contributed by atoms with E-state index in [0.29, 0.717) is 64.0 Å². The van der Waals surface area contributed by atoms with E-state index in [2.05, 4.69) is 22.5 Å². The number of aliphatic hydroxyl groups is 1. The van der Waals surface area contributed by atoms with Crippen molar-refractivity contribution in [1.29, 1.82) is 0 Å². The second-order valence-electron chi connectivity index (χ2n) is 12.7. The minimum atomic E-state index is -0.878. The van der Waals surface area contributed by atoms with Crippen molar-refractivity contribution in [1.82, 2.24) is 15.1 Å². The Balaban J connectivity index is 0.00000442. The monoisotopic (exact) mass is 628 g/mol. The number of halogens is 2.